The Balaban J connectivity index is 1.86. The van der Waals surface area contributed by atoms with Crippen LogP contribution in [-0.4, -0.2) is 60.7 Å². The minimum absolute atomic E-state index is 0.0759. The molecule has 1 N–H and O–H groups in total. The number of hydrogen-bond donors (Lipinski definition) is 1. The number of benzene rings is 1. The predicted molar refractivity (Wildman–Crippen MR) is 81.1 cm³/mol. The molecule has 1 atom stereocenters. The highest BCUT2D eigenvalue weighted by Gasteiger charge is 2.21. The molecule has 0 saturated carbocycles. The van der Waals surface area contributed by atoms with Crippen molar-refractivity contribution in [1.82, 2.24) is 9.80 Å². The van der Waals surface area contributed by atoms with Gasteiger partial charge in [0.25, 0.3) is 0 Å². The van der Waals surface area contributed by atoms with E-state index in [0.29, 0.717) is 19.6 Å². The molecule has 2 rings (SSSR count). The number of methoxy groups -OCH3 is 1. The van der Waals surface area contributed by atoms with Crippen molar-refractivity contribution in [2.45, 2.75) is 25.5 Å². The fourth-order valence-corrected chi connectivity index (χ4v) is 2.62. The minimum atomic E-state index is -0.296. The van der Waals surface area contributed by atoms with Crippen molar-refractivity contribution < 1.29 is 14.6 Å². The van der Waals surface area contributed by atoms with E-state index in [4.69, 9.17) is 4.74 Å². The van der Waals surface area contributed by atoms with E-state index in [9.17, 15) is 9.90 Å². The van der Waals surface area contributed by atoms with Gasteiger partial charge in [0.15, 0.2) is 0 Å². The maximum atomic E-state index is 12.2. The van der Waals surface area contributed by atoms with E-state index in [1.165, 1.54) is 0 Å². The van der Waals surface area contributed by atoms with E-state index < -0.39 is 0 Å². The average Bonchev–Trinajstić information content (AvgIpc) is 2.47. The van der Waals surface area contributed by atoms with Gasteiger partial charge < -0.3 is 14.7 Å². The van der Waals surface area contributed by atoms with Gasteiger partial charge in [-0.1, -0.05) is 12.1 Å². The molecular weight excluding hydrogens is 268 g/mol. The number of likely N-dealkylation sites (N-methyl/N-ethyl adjacent to an activating group) is 1. The summed E-state index contributed by atoms with van der Waals surface area (Å²) in [5.41, 5.74) is 1.05. The van der Waals surface area contributed by atoms with Crippen LogP contribution < -0.4 is 4.74 Å². The third-order valence-corrected chi connectivity index (χ3v) is 3.82. The number of rotatable bonds is 5. The zero-order valence-electron chi connectivity index (χ0n) is 12.8. The molecule has 0 aromatic heterocycles. The summed E-state index contributed by atoms with van der Waals surface area (Å²) in [7, 11) is 3.44. The summed E-state index contributed by atoms with van der Waals surface area (Å²) >= 11 is 0. The molecule has 21 heavy (non-hydrogen) atoms. The number of aliphatic hydroxyl groups is 1. The first-order valence-corrected chi connectivity index (χ1v) is 7.36. The number of β-amino-alcohol motifs (C(OH)–C–C–N with tert-alkyl or cyclic N) is 1. The van der Waals surface area contributed by atoms with Gasteiger partial charge >= 0.3 is 0 Å². The summed E-state index contributed by atoms with van der Waals surface area (Å²) in [6.07, 6.45) is 1.49. The van der Waals surface area contributed by atoms with Gasteiger partial charge in [-0.2, -0.15) is 0 Å². The normalized spacial score (nSPS) is 19.3. The van der Waals surface area contributed by atoms with Gasteiger partial charge in [0.1, 0.15) is 5.75 Å². The Morgan fingerprint density at radius 2 is 2.33 bits per heavy atom. The Bertz CT molecular complexity index is 478. The highest BCUT2D eigenvalue weighted by Crippen LogP contribution is 2.14. The summed E-state index contributed by atoms with van der Waals surface area (Å²) in [4.78, 5) is 16.0. The number of carbonyl (C=O) groups excluding carboxylic acids is 1. The number of hydrogen-bond acceptors (Lipinski definition) is 4. The molecule has 5 nitrogen and oxygen atoms in total. The van der Waals surface area contributed by atoms with E-state index in [2.05, 4.69) is 0 Å². The van der Waals surface area contributed by atoms with Crippen molar-refractivity contribution >= 4 is 5.91 Å². The standard InChI is InChI=1S/C16H24N2O3/c1-17(10-13-5-3-7-15(9-13)21-2)16(20)12-18-8-4-6-14(19)11-18/h3,5,7,9,14,19H,4,6,8,10-12H2,1-2H3. The third-order valence-electron chi connectivity index (χ3n) is 3.82. The Hall–Kier alpha value is -1.59. The number of amides is 1. The van der Waals surface area contributed by atoms with Gasteiger partial charge in [0.2, 0.25) is 5.91 Å². The second-order valence-electron chi connectivity index (χ2n) is 5.63. The lowest BCUT2D eigenvalue weighted by Crippen LogP contribution is -2.44. The fraction of sp³-hybridized carbons (Fsp3) is 0.562. The lowest BCUT2D eigenvalue weighted by Gasteiger charge is -2.30. The molecule has 1 amide bonds. The van der Waals surface area contributed by atoms with Crippen LogP contribution in [0.3, 0.4) is 0 Å². The van der Waals surface area contributed by atoms with Gasteiger partial charge in [0.05, 0.1) is 19.8 Å². The van der Waals surface area contributed by atoms with Crippen molar-refractivity contribution in [3.8, 4) is 5.75 Å². The number of piperidine rings is 1. The SMILES string of the molecule is COc1cccc(CN(C)C(=O)CN2CCCC(O)C2)c1. The van der Waals surface area contributed by atoms with Gasteiger partial charge in [-0.3, -0.25) is 9.69 Å². The van der Waals surface area contributed by atoms with Crippen molar-refractivity contribution in [3.63, 3.8) is 0 Å². The van der Waals surface area contributed by atoms with Crippen LogP contribution >= 0.6 is 0 Å². The molecule has 1 heterocycles. The molecule has 1 saturated heterocycles. The molecule has 0 aliphatic carbocycles. The smallest absolute Gasteiger partial charge is 0.236 e. The van der Waals surface area contributed by atoms with Crippen LogP contribution in [0.15, 0.2) is 24.3 Å². The Kier molecular flexibility index (Phi) is 5.59. The number of nitrogens with zero attached hydrogens (tertiary/aromatic N) is 2. The van der Waals surface area contributed by atoms with Crippen molar-refractivity contribution in [2.75, 3.05) is 33.8 Å². The van der Waals surface area contributed by atoms with Gasteiger partial charge in [-0.15, -0.1) is 0 Å². The Morgan fingerprint density at radius 1 is 1.52 bits per heavy atom. The lowest BCUT2D eigenvalue weighted by molar-refractivity contribution is -0.132. The maximum Gasteiger partial charge on any atom is 0.236 e. The van der Waals surface area contributed by atoms with Crippen LogP contribution in [0.1, 0.15) is 18.4 Å². The zero-order valence-corrected chi connectivity index (χ0v) is 12.8. The van der Waals surface area contributed by atoms with E-state index in [1.807, 2.05) is 36.2 Å². The second kappa shape index (κ2) is 7.43. The molecule has 1 aromatic rings. The summed E-state index contributed by atoms with van der Waals surface area (Å²) in [5, 5.41) is 9.64. The molecule has 1 aliphatic rings. The quantitative estimate of drug-likeness (QED) is 0.883. The van der Waals surface area contributed by atoms with Crippen LogP contribution in [-0.2, 0) is 11.3 Å². The van der Waals surface area contributed by atoms with Crippen LogP contribution in [0.2, 0.25) is 0 Å². The first-order valence-electron chi connectivity index (χ1n) is 7.36. The van der Waals surface area contributed by atoms with Crippen LogP contribution in [0.4, 0.5) is 0 Å². The van der Waals surface area contributed by atoms with Crippen LogP contribution in [0.5, 0.6) is 5.75 Å². The van der Waals surface area contributed by atoms with Crippen molar-refractivity contribution in [2.24, 2.45) is 0 Å². The summed E-state index contributed by atoms with van der Waals surface area (Å²) in [6.45, 7) is 2.42. The Morgan fingerprint density at radius 3 is 3.05 bits per heavy atom. The summed E-state index contributed by atoms with van der Waals surface area (Å²) < 4.78 is 5.19. The molecule has 1 fully saturated rings. The first kappa shape index (κ1) is 15.8. The predicted octanol–water partition coefficient (Wildman–Crippen LogP) is 1.11. The van der Waals surface area contributed by atoms with E-state index in [0.717, 1.165) is 30.7 Å². The number of aliphatic hydroxyl groups excluding tert-OH is 1. The molecule has 0 bridgehead atoms. The monoisotopic (exact) mass is 292 g/mol. The highest BCUT2D eigenvalue weighted by molar-refractivity contribution is 5.78. The Labute approximate surface area is 126 Å². The highest BCUT2D eigenvalue weighted by atomic mass is 16.5. The maximum absolute atomic E-state index is 12.2. The van der Waals surface area contributed by atoms with Gasteiger partial charge in [-0.05, 0) is 37.1 Å². The molecule has 116 valence electrons. The molecule has 5 heteroatoms. The molecule has 0 radical (unpaired) electrons. The first-order chi connectivity index (χ1) is 10.1. The number of likely N-dealkylation sites (tertiary alicyclic amines) is 1. The molecule has 1 unspecified atom stereocenters. The van der Waals surface area contributed by atoms with Gasteiger partial charge in [0, 0.05) is 20.1 Å². The van der Waals surface area contributed by atoms with Crippen LogP contribution in [0.25, 0.3) is 0 Å². The van der Waals surface area contributed by atoms with E-state index in [-0.39, 0.29) is 12.0 Å². The van der Waals surface area contributed by atoms with Crippen molar-refractivity contribution in [1.29, 1.82) is 0 Å². The third kappa shape index (κ3) is 4.72. The van der Waals surface area contributed by atoms with Gasteiger partial charge in [-0.25, -0.2) is 0 Å². The largest absolute Gasteiger partial charge is 0.497 e. The average molecular weight is 292 g/mol. The molecule has 0 spiro atoms. The fourth-order valence-electron chi connectivity index (χ4n) is 2.62. The molecule has 1 aliphatic heterocycles. The second-order valence-corrected chi connectivity index (χ2v) is 5.63. The van der Waals surface area contributed by atoms with Crippen molar-refractivity contribution in [3.05, 3.63) is 29.8 Å². The minimum Gasteiger partial charge on any atom is -0.497 e. The number of carbonyl (C=O) groups is 1. The summed E-state index contributed by atoms with van der Waals surface area (Å²) in [5.74, 6) is 0.874. The zero-order chi connectivity index (χ0) is 15.2. The van der Waals surface area contributed by atoms with E-state index in [1.54, 1.807) is 12.0 Å². The molecular formula is C16H24N2O3. The number of ether oxygens (including phenoxy) is 1. The lowest BCUT2D eigenvalue weighted by atomic mass is 10.1. The van der Waals surface area contributed by atoms with E-state index >= 15 is 0 Å². The topological polar surface area (TPSA) is 53.0 Å². The molecule has 1 aromatic carbocycles. The van der Waals surface area contributed by atoms with Crippen LogP contribution in [0, 0.1) is 0 Å². The summed E-state index contributed by atoms with van der Waals surface area (Å²) in [6, 6.07) is 7.74.